The predicted octanol–water partition coefficient (Wildman–Crippen LogP) is 2.24. The summed E-state index contributed by atoms with van der Waals surface area (Å²) in [5.74, 6) is 0. The average molecular weight is 223 g/mol. The standard InChI is InChI=1S/C14H27N2/c1-16-11-5-3-8-14(16)13-7-2-4-9-15(13)10-6-12-16/h13-14H,2-12H2,1H3/q+1. The molecule has 16 heavy (non-hydrogen) atoms. The summed E-state index contributed by atoms with van der Waals surface area (Å²) in [5.41, 5.74) is 0. The Hall–Kier alpha value is -0.0800. The van der Waals surface area contributed by atoms with E-state index in [0.717, 1.165) is 12.1 Å². The second-order valence-electron chi connectivity index (χ2n) is 6.44. The molecule has 0 amide bonds. The maximum atomic E-state index is 2.84. The summed E-state index contributed by atoms with van der Waals surface area (Å²) in [7, 11) is 2.54. The lowest BCUT2D eigenvalue weighted by atomic mass is 9.88. The van der Waals surface area contributed by atoms with Crippen LogP contribution in [-0.4, -0.2) is 54.7 Å². The third-order valence-corrected chi connectivity index (χ3v) is 5.44. The number of piperidine rings is 2. The van der Waals surface area contributed by atoms with E-state index in [-0.39, 0.29) is 0 Å². The van der Waals surface area contributed by atoms with Crippen LogP contribution in [0.3, 0.4) is 0 Å². The molecule has 0 aromatic heterocycles. The molecule has 0 aromatic rings. The van der Waals surface area contributed by atoms with Crippen molar-refractivity contribution >= 4 is 0 Å². The van der Waals surface area contributed by atoms with E-state index < -0.39 is 0 Å². The fourth-order valence-corrected chi connectivity index (χ4v) is 4.55. The Bertz CT molecular complexity index is 253. The molecule has 0 saturated carbocycles. The highest BCUT2D eigenvalue weighted by molar-refractivity contribution is 4.87. The molecule has 0 N–H and O–H groups in total. The molecule has 0 aromatic carbocycles. The molecule has 3 saturated heterocycles. The second-order valence-corrected chi connectivity index (χ2v) is 6.44. The van der Waals surface area contributed by atoms with E-state index in [0.29, 0.717) is 0 Å². The number of hydrogen-bond acceptors (Lipinski definition) is 1. The summed E-state index contributed by atoms with van der Waals surface area (Å²) in [4.78, 5) is 2.84. The molecule has 2 heteroatoms. The van der Waals surface area contributed by atoms with Crippen molar-refractivity contribution < 1.29 is 4.48 Å². The lowest BCUT2D eigenvalue weighted by Gasteiger charge is -2.49. The zero-order chi connectivity index (χ0) is 11.0. The summed E-state index contributed by atoms with van der Waals surface area (Å²) < 4.78 is 1.40. The molecule has 3 heterocycles. The van der Waals surface area contributed by atoms with Crippen molar-refractivity contribution in [3.63, 3.8) is 0 Å². The molecule has 3 unspecified atom stereocenters. The van der Waals surface area contributed by atoms with Gasteiger partial charge in [0.15, 0.2) is 0 Å². The minimum Gasteiger partial charge on any atom is -0.322 e. The lowest BCUT2D eigenvalue weighted by Crippen LogP contribution is -2.61. The van der Waals surface area contributed by atoms with E-state index in [4.69, 9.17) is 0 Å². The van der Waals surface area contributed by atoms with Crippen molar-refractivity contribution in [1.82, 2.24) is 4.90 Å². The van der Waals surface area contributed by atoms with Crippen LogP contribution in [0.15, 0.2) is 0 Å². The van der Waals surface area contributed by atoms with Gasteiger partial charge in [-0.1, -0.05) is 6.42 Å². The summed E-state index contributed by atoms with van der Waals surface area (Å²) in [6.45, 7) is 5.67. The van der Waals surface area contributed by atoms with Crippen LogP contribution in [0.2, 0.25) is 0 Å². The summed E-state index contributed by atoms with van der Waals surface area (Å²) in [6.07, 6.45) is 10.3. The zero-order valence-electron chi connectivity index (χ0n) is 10.8. The summed E-state index contributed by atoms with van der Waals surface area (Å²) in [6, 6.07) is 1.90. The minimum atomic E-state index is 0.932. The van der Waals surface area contributed by atoms with Crippen molar-refractivity contribution in [1.29, 1.82) is 0 Å². The van der Waals surface area contributed by atoms with E-state index in [1.165, 1.54) is 75.6 Å². The quantitative estimate of drug-likeness (QED) is 0.569. The van der Waals surface area contributed by atoms with Gasteiger partial charge in [0.1, 0.15) is 6.04 Å². The van der Waals surface area contributed by atoms with Gasteiger partial charge in [-0.2, -0.15) is 0 Å². The van der Waals surface area contributed by atoms with Gasteiger partial charge in [-0.25, -0.2) is 0 Å². The number of hydrogen-bond donors (Lipinski definition) is 0. The first kappa shape index (κ1) is 11.0. The van der Waals surface area contributed by atoms with Crippen molar-refractivity contribution in [2.45, 2.75) is 57.0 Å². The third-order valence-electron chi connectivity index (χ3n) is 5.44. The normalized spacial score (nSPS) is 45.6. The Labute approximate surface area is 100 Å². The fraction of sp³-hybridized carbons (Fsp3) is 1.00. The Morgan fingerprint density at radius 2 is 1.62 bits per heavy atom. The lowest BCUT2D eigenvalue weighted by molar-refractivity contribution is -0.939. The van der Waals surface area contributed by atoms with E-state index in [9.17, 15) is 0 Å². The van der Waals surface area contributed by atoms with Gasteiger partial charge in [0.25, 0.3) is 0 Å². The zero-order valence-corrected chi connectivity index (χ0v) is 10.8. The number of fused-ring (bicyclic) bond motifs is 3. The molecule has 92 valence electrons. The van der Waals surface area contributed by atoms with Gasteiger partial charge in [0.2, 0.25) is 0 Å². The van der Waals surface area contributed by atoms with Crippen LogP contribution in [0.4, 0.5) is 0 Å². The maximum absolute atomic E-state index is 2.84. The molecular weight excluding hydrogens is 196 g/mol. The van der Waals surface area contributed by atoms with Gasteiger partial charge >= 0.3 is 0 Å². The van der Waals surface area contributed by atoms with Crippen molar-refractivity contribution in [3.05, 3.63) is 0 Å². The number of rotatable bonds is 0. The number of quaternary nitrogens is 1. The minimum absolute atomic E-state index is 0.932. The first-order chi connectivity index (χ1) is 7.80. The SMILES string of the molecule is C[N+]12CCCCC1C1CCCCN1CCC2. The Morgan fingerprint density at radius 1 is 0.875 bits per heavy atom. The molecule has 0 aliphatic carbocycles. The van der Waals surface area contributed by atoms with Crippen molar-refractivity contribution in [2.75, 3.05) is 33.2 Å². The average Bonchev–Trinajstić information content (AvgIpc) is 2.45. The smallest absolute Gasteiger partial charge is 0.105 e. The topological polar surface area (TPSA) is 3.24 Å². The number of likely N-dealkylation sites (N-methyl/N-ethyl adjacent to an activating group) is 1. The monoisotopic (exact) mass is 223 g/mol. The largest absolute Gasteiger partial charge is 0.322 e. The first-order valence-corrected chi connectivity index (χ1v) is 7.38. The highest BCUT2D eigenvalue weighted by atomic mass is 15.4. The Morgan fingerprint density at radius 3 is 2.56 bits per heavy atom. The van der Waals surface area contributed by atoms with Gasteiger partial charge in [-0.05, 0) is 32.2 Å². The van der Waals surface area contributed by atoms with Crippen molar-refractivity contribution in [3.8, 4) is 0 Å². The molecule has 0 spiro atoms. The summed E-state index contributed by atoms with van der Waals surface area (Å²) >= 11 is 0. The Balaban J connectivity index is 1.84. The molecule has 3 rings (SSSR count). The van der Waals surface area contributed by atoms with E-state index in [1.807, 2.05) is 0 Å². The first-order valence-electron chi connectivity index (χ1n) is 7.38. The van der Waals surface area contributed by atoms with Crippen LogP contribution in [0.5, 0.6) is 0 Å². The van der Waals surface area contributed by atoms with Gasteiger partial charge < -0.3 is 4.48 Å². The second kappa shape index (κ2) is 4.30. The molecule has 3 aliphatic heterocycles. The van der Waals surface area contributed by atoms with Crippen LogP contribution in [0, 0.1) is 0 Å². The van der Waals surface area contributed by atoms with Gasteiger partial charge in [0, 0.05) is 19.4 Å². The predicted molar refractivity (Wildman–Crippen MR) is 67.4 cm³/mol. The van der Waals surface area contributed by atoms with Crippen LogP contribution < -0.4 is 0 Å². The van der Waals surface area contributed by atoms with Crippen LogP contribution >= 0.6 is 0 Å². The number of nitrogens with zero attached hydrogens (tertiary/aromatic N) is 2. The van der Waals surface area contributed by atoms with Crippen LogP contribution in [0.25, 0.3) is 0 Å². The van der Waals surface area contributed by atoms with Crippen molar-refractivity contribution in [2.24, 2.45) is 0 Å². The van der Waals surface area contributed by atoms with Gasteiger partial charge in [-0.3, -0.25) is 4.90 Å². The summed E-state index contributed by atoms with van der Waals surface area (Å²) in [5, 5.41) is 0. The maximum Gasteiger partial charge on any atom is 0.105 e. The van der Waals surface area contributed by atoms with Gasteiger partial charge in [0.05, 0.1) is 26.2 Å². The molecular formula is C14H27N2+. The Kier molecular flexibility index (Phi) is 2.97. The molecule has 2 nitrogen and oxygen atoms in total. The van der Waals surface area contributed by atoms with E-state index in [1.54, 1.807) is 0 Å². The van der Waals surface area contributed by atoms with Crippen LogP contribution in [0.1, 0.15) is 44.9 Å². The molecule has 0 radical (unpaired) electrons. The highest BCUT2D eigenvalue weighted by Gasteiger charge is 2.45. The molecule has 3 fully saturated rings. The van der Waals surface area contributed by atoms with Crippen LogP contribution in [-0.2, 0) is 0 Å². The van der Waals surface area contributed by atoms with Gasteiger partial charge in [-0.15, -0.1) is 0 Å². The third kappa shape index (κ3) is 1.80. The van der Waals surface area contributed by atoms with E-state index in [2.05, 4.69) is 11.9 Å². The van der Waals surface area contributed by atoms with E-state index >= 15 is 0 Å². The molecule has 0 bridgehead atoms. The molecule has 3 atom stereocenters. The highest BCUT2D eigenvalue weighted by Crippen LogP contribution is 2.35. The molecule has 3 aliphatic rings. The fourth-order valence-electron chi connectivity index (χ4n) is 4.55.